The molecule has 1 saturated carbocycles. The van der Waals surface area contributed by atoms with Gasteiger partial charge in [0.25, 0.3) is 0 Å². The molecule has 4 rings (SSSR count). The average molecular weight is 396 g/mol. The molecule has 1 atom stereocenters. The largest absolute Gasteiger partial charge is 0.478 e. The molecule has 0 bridgehead atoms. The zero-order chi connectivity index (χ0) is 20.4. The average Bonchev–Trinajstić information content (AvgIpc) is 3.49. The number of amides is 1. The standard InChI is InChI=1S/C23H25FN2O3/c24-19-5-3-4-16(14-19)15-26-13-2-1-6-20(26)21(27)25-23(11-12-23)18-9-7-17(8-10-18)22(28)29/h3-5,7-10,14,20H,1-2,6,11-13,15H2,(H,25,27)(H,28,29). The highest BCUT2D eigenvalue weighted by atomic mass is 19.1. The Morgan fingerprint density at radius 1 is 1.14 bits per heavy atom. The van der Waals surface area contributed by atoms with Gasteiger partial charge in [0.1, 0.15) is 5.82 Å². The van der Waals surface area contributed by atoms with Gasteiger partial charge in [-0.1, -0.05) is 30.7 Å². The Labute approximate surface area is 169 Å². The van der Waals surface area contributed by atoms with E-state index in [2.05, 4.69) is 10.2 Å². The second-order valence-corrected chi connectivity index (χ2v) is 8.07. The van der Waals surface area contributed by atoms with Crippen LogP contribution in [0.15, 0.2) is 48.5 Å². The van der Waals surface area contributed by atoms with E-state index in [0.29, 0.717) is 6.54 Å². The lowest BCUT2D eigenvalue weighted by Gasteiger charge is -2.35. The molecule has 29 heavy (non-hydrogen) atoms. The maximum Gasteiger partial charge on any atom is 0.335 e. The number of carbonyl (C=O) groups is 2. The number of halogens is 1. The number of carbonyl (C=O) groups excluding carboxylic acids is 1. The van der Waals surface area contributed by atoms with E-state index < -0.39 is 11.5 Å². The van der Waals surface area contributed by atoms with Crippen molar-refractivity contribution >= 4 is 11.9 Å². The molecule has 1 aliphatic heterocycles. The number of piperidine rings is 1. The van der Waals surface area contributed by atoms with Crippen molar-refractivity contribution in [2.45, 2.75) is 50.2 Å². The molecule has 1 aliphatic carbocycles. The van der Waals surface area contributed by atoms with Crippen molar-refractivity contribution < 1.29 is 19.1 Å². The molecule has 0 radical (unpaired) electrons. The first-order valence-corrected chi connectivity index (χ1v) is 10.1. The summed E-state index contributed by atoms with van der Waals surface area (Å²) < 4.78 is 13.5. The van der Waals surface area contributed by atoms with Crippen LogP contribution in [0, 0.1) is 5.82 Å². The van der Waals surface area contributed by atoms with E-state index in [1.54, 1.807) is 30.3 Å². The number of hydrogen-bond acceptors (Lipinski definition) is 3. The summed E-state index contributed by atoms with van der Waals surface area (Å²) in [6.07, 6.45) is 4.51. The molecule has 6 heteroatoms. The minimum absolute atomic E-state index is 0.000846. The Kier molecular flexibility index (Phi) is 5.37. The molecule has 2 aliphatic rings. The molecule has 152 valence electrons. The molecule has 1 heterocycles. The lowest BCUT2D eigenvalue weighted by molar-refractivity contribution is -0.129. The summed E-state index contributed by atoms with van der Waals surface area (Å²) in [5.41, 5.74) is 1.67. The third-order valence-corrected chi connectivity index (χ3v) is 5.99. The first kappa shape index (κ1) is 19.6. The highest BCUT2D eigenvalue weighted by molar-refractivity contribution is 5.87. The lowest BCUT2D eigenvalue weighted by Crippen LogP contribution is -2.51. The zero-order valence-corrected chi connectivity index (χ0v) is 16.2. The quantitative estimate of drug-likeness (QED) is 0.782. The molecule has 1 saturated heterocycles. The van der Waals surface area contributed by atoms with Crippen molar-refractivity contribution in [1.29, 1.82) is 0 Å². The number of aromatic carboxylic acids is 1. The van der Waals surface area contributed by atoms with E-state index >= 15 is 0 Å². The van der Waals surface area contributed by atoms with E-state index in [1.165, 1.54) is 12.1 Å². The number of rotatable bonds is 6. The van der Waals surface area contributed by atoms with E-state index in [9.17, 15) is 14.0 Å². The first-order valence-electron chi connectivity index (χ1n) is 10.1. The van der Waals surface area contributed by atoms with Crippen LogP contribution in [0.1, 0.15) is 53.6 Å². The minimum Gasteiger partial charge on any atom is -0.478 e. The fourth-order valence-corrected chi connectivity index (χ4v) is 4.21. The number of benzene rings is 2. The lowest BCUT2D eigenvalue weighted by atomic mass is 9.98. The fourth-order valence-electron chi connectivity index (χ4n) is 4.21. The van der Waals surface area contributed by atoms with Crippen molar-refractivity contribution in [3.8, 4) is 0 Å². The number of carboxylic acids is 1. The third-order valence-electron chi connectivity index (χ3n) is 5.99. The second kappa shape index (κ2) is 7.95. The van der Waals surface area contributed by atoms with Crippen molar-refractivity contribution in [3.05, 3.63) is 71.0 Å². The van der Waals surface area contributed by atoms with E-state index in [1.807, 2.05) is 6.07 Å². The normalized spacial score (nSPS) is 20.8. The highest BCUT2D eigenvalue weighted by Gasteiger charge is 2.47. The predicted molar refractivity (Wildman–Crippen MR) is 107 cm³/mol. The Balaban J connectivity index is 1.46. The van der Waals surface area contributed by atoms with Crippen LogP contribution < -0.4 is 5.32 Å². The molecular weight excluding hydrogens is 371 g/mol. The SMILES string of the molecule is O=C(O)c1ccc(C2(NC(=O)C3CCCCN3Cc3cccc(F)c3)CC2)cc1. The van der Waals surface area contributed by atoms with Crippen LogP contribution in [0.25, 0.3) is 0 Å². The van der Waals surface area contributed by atoms with Gasteiger partial charge >= 0.3 is 5.97 Å². The molecule has 5 nitrogen and oxygen atoms in total. The Morgan fingerprint density at radius 2 is 1.90 bits per heavy atom. The number of nitrogens with one attached hydrogen (secondary N) is 1. The van der Waals surface area contributed by atoms with Crippen molar-refractivity contribution in [2.24, 2.45) is 0 Å². The van der Waals surface area contributed by atoms with E-state index in [-0.39, 0.29) is 23.3 Å². The zero-order valence-electron chi connectivity index (χ0n) is 16.2. The van der Waals surface area contributed by atoms with Crippen LogP contribution in [-0.4, -0.2) is 34.5 Å². The van der Waals surface area contributed by atoms with Gasteiger partial charge in [-0.3, -0.25) is 9.69 Å². The monoisotopic (exact) mass is 396 g/mol. The summed E-state index contributed by atoms with van der Waals surface area (Å²) >= 11 is 0. The molecule has 2 aromatic rings. The molecule has 2 aromatic carbocycles. The number of likely N-dealkylation sites (tertiary alicyclic amines) is 1. The van der Waals surface area contributed by atoms with Gasteiger partial charge in [-0.05, 0) is 67.6 Å². The van der Waals surface area contributed by atoms with E-state index in [4.69, 9.17) is 5.11 Å². The number of carboxylic acid groups (broad SMARTS) is 1. The van der Waals surface area contributed by atoms with E-state index in [0.717, 1.165) is 49.8 Å². The topological polar surface area (TPSA) is 69.6 Å². The Hall–Kier alpha value is -2.73. The molecule has 1 unspecified atom stereocenters. The van der Waals surface area contributed by atoms with Gasteiger partial charge in [0.2, 0.25) is 5.91 Å². The Bertz CT molecular complexity index is 909. The van der Waals surface area contributed by atoms with Crippen molar-refractivity contribution in [3.63, 3.8) is 0 Å². The minimum atomic E-state index is -0.958. The predicted octanol–water partition coefficient (Wildman–Crippen LogP) is 3.68. The van der Waals surface area contributed by atoms with Crippen molar-refractivity contribution in [2.75, 3.05) is 6.54 Å². The summed E-state index contributed by atoms with van der Waals surface area (Å²) in [5.74, 6) is -1.22. The van der Waals surface area contributed by atoms with Gasteiger partial charge in [0.15, 0.2) is 0 Å². The maximum absolute atomic E-state index is 13.5. The van der Waals surface area contributed by atoms with Gasteiger partial charge in [-0.2, -0.15) is 0 Å². The highest BCUT2D eigenvalue weighted by Crippen LogP contribution is 2.45. The number of hydrogen-bond donors (Lipinski definition) is 2. The van der Waals surface area contributed by atoms with Crippen LogP contribution in [-0.2, 0) is 16.9 Å². The Morgan fingerprint density at radius 3 is 2.55 bits per heavy atom. The van der Waals surface area contributed by atoms with Gasteiger partial charge in [-0.15, -0.1) is 0 Å². The van der Waals surface area contributed by atoms with Crippen LogP contribution in [0.3, 0.4) is 0 Å². The summed E-state index contributed by atoms with van der Waals surface area (Å²) in [6.45, 7) is 1.37. The van der Waals surface area contributed by atoms with Gasteiger partial charge < -0.3 is 10.4 Å². The molecule has 0 aromatic heterocycles. The van der Waals surface area contributed by atoms with Crippen LogP contribution in [0.2, 0.25) is 0 Å². The fraction of sp³-hybridized carbons (Fsp3) is 0.391. The van der Waals surface area contributed by atoms with Gasteiger partial charge in [0.05, 0.1) is 17.1 Å². The van der Waals surface area contributed by atoms with Crippen LogP contribution in [0.4, 0.5) is 4.39 Å². The van der Waals surface area contributed by atoms with Crippen molar-refractivity contribution in [1.82, 2.24) is 10.2 Å². The molecule has 2 N–H and O–H groups in total. The van der Waals surface area contributed by atoms with Gasteiger partial charge in [-0.25, -0.2) is 9.18 Å². The molecule has 0 spiro atoms. The summed E-state index contributed by atoms with van der Waals surface area (Å²) in [6, 6.07) is 13.1. The molecule has 1 amide bonds. The molecular formula is C23H25FN2O3. The summed E-state index contributed by atoms with van der Waals surface area (Å²) in [5, 5.41) is 12.3. The summed E-state index contributed by atoms with van der Waals surface area (Å²) in [4.78, 5) is 26.4. The smallest absolute Gasteiger partial charge is 0.335 e. The second-order valence-electron chi connectivity index (χ2n) is 8.07. The number of nitrogens with zero attached hydrogens (tertiary/aromatic N) is 1. The maximum atomic E-state index is 13.5. The first-order chi connectivity index (χ1) is 14.0. The molecule has 2 fully saturated rings. The van der Waals surface area contributed by atoms with Crippen LogP contribution in [0.5, 0.6) is 0 Å². The third kappa shape index (κ3) is 4.32. The summed E-state index contributed by atoms with van der Waals surface area (Å²) in [7, 11) is 0. The van der Waals surface area contributed by atoms with Gasteiger partial charge in [0, 0.05) is 6.54 Å². The van der Waals surface area contributed by atoms with Crippen LogP contribution >= 0.6 is 0 Å².